The first-order valence-corrected chi connectivity index (χ1v) is 10.4. The zero-order chi connectivity index (χ0) is 20.6. The molecule has 0 bridgehead atoms. The van der Waals surface area contributed by atoms with Gasteiger partial charge >= 0.3 is 0 Å². The van der Waals surface area contributed by atoms with Crippen molar-refractivity contribution in [3.8, 4) is 11.5 Å². The van der Waals surface area contributed by atoms with Gasteiger partial charge in [0.25, 0.3) is 5.91 Å². The Morgan fingerprint density at radius 1 is 1.10 bits per heavy atom. The lowest BCUT2D eigenvalue weighted by Gasteiger charge is -2.32. The van der Waals surface area contributed by atoms with E-state index in [1.165, 1.54) is 9.80 Å². The van der Waals surface area contributed by atoms with E-state index in [9.17, 15) is 4.79 Å². The number of methoxy groups -OCH3 is 1. The Bertz CT molecular complexity index is 792. The van der Waals surface area contributed by atoms with E-state index in [-0.39, 0.29) is 11.9 Å². The Morgan fingerprint density at radius 2 is 1.79 bits per heavy atom. The van der Waals surface area contributed by atoms with Crippen molar-refractivity contribution in [1.29, 1.82) is 0 Å². The van der Waals surface area contributed by atoms with Crippen molar-refractivity contribution in [1.82, 2.24) is 0 Å². The van der Waals surface area contributed by atoms with Crippen LogP contribution < -0.4 is 24.6 Å². The second kappa shape index (κ2) is 10.5. The molecule has 2 aromatic carbocycles. The van der Waals surface area contributed by atoms with Crippen LogP contribution in [0.4, 0.5) is 5.69 Å². The average Bonchev–Trinajstić information content (AvgIpc) is 2.74. The van der Waals surface area contributed by atoms with Crippen LogP contribution in [-0.2, 0) is 4.79 Å². The van der Waals surface area contributed by atoms with Gasteiger partial charge in [-0.3, -0.25) is 4.79 Å². The van der Waals surface area contributed by atoms with Crippen molar-refractivity contribution < 1.29 is 24.1 Å². The number of benzene rings is 2. The van der Waals surface area contributed by atoms with E-state index in [0.29, 0.717) is 11.6 Å². The Labute approximate surface area is 177 Å². The predicted molar refractivity (Wildman–Crippen MR) is 114 cm³/mol. The van der Waals surface area contributed by atoms with Gasteiger partial charge in [-0.2, -0.15) is 0 Å². The molecule has 3 N–H and O–H groups in total. The Morgan fingerprint density at radius 3 is 2.45 bits per heavy atom. The number of carbonyl (C=O) groups excluding carboxylic acids is 1. The minimum absolute atomic E-state index is 0.0357. The molecule has 0 aromatic heterocycles. The summed E-state index contributed by atoms with van der Waals surface area (Å²) in [5.74, 6) is 1.73. The average molecular weight is 420 g/mol. The minimum atomic E-state index is -0.0916. The van der Waals surface area contributed by atoms with Crippen molar-refractivity contribution >= 4 is 23.2 Å². The molecule has 0 saturated carbocycles. The smallest absolute Gasteiger partial charge is 0.282 e. The van der Waals surface area contributed by atoms with E-state index in [2.05, 4.69) is 5.32 Å². The normalized spacial score (nSPS) is 20.0. The molecule has 0 aliphatic carbocycles. The first-order valence-electron chi connectivity index (χ1n) is 10.1. The molecule has 1 saturated heterocycles. The number of hydrogen-bond acceptors (Lipinski definition) is 3. The number of ether oxygens (including phenoxy) is 2. The van der Waals surface area contributed by atoms with Crippen molar-refractivity contribution in [2.24, 2.45) is 0 Å². The van der Waals surface area contributed by atoms with Gasteiger partial charge in [-0.15, -0.1) is 0 Å². The monoisotopic (exact) mass is 419 g/mol. The Balaban J connectivity index is 1.38. The molecule has 0 spiro atoms. The van der Waals surface area contributed by atoms with Gasteiger partial charge in [0.15, 0.2) is 6.04 Å². The Kier molecular flexibility index (Phi) is 7.75. The molecule has 29 heavy (non-hydrogen) atoms. The molecular formula is C22H30ClN3O3+2. The molecule has 0 unspecified atom stereocenters. The zero-order valence-electron chi connectivity index (χ0n) is 17.0. The third kappa shape index (κ3) is 6.35. The molecule has 6 nitrogen and oxygen atoms in total. The highest BCUT2D eigenvalue weighted by Crippen LogP contribution is 2.16. The quantitative estimate of drug-likeness (QED) is 0.585. The molecule has 1 aliphatic rings. The fraction of sp³-hybridized carbons (Fsp3) is 0.409. The summed E-state index contributed by atoms with van der Waals surface area (Å²) in [5.41, 5.74) is 0.744. The van der Waals surface area contributed by atoms with Crippen LogP contribution in [0.2, 0.25) is 5.02 Å². The summed E-state index contributed by atoms with van der Waals surface area (Å²) in [5, 5.41) is 3.59. The fourth-order valence-electron chi connectivity index (χ4n) is 3.59. The van der Waals surface area contributed by atoms with Crippen LogP contribution in [0.5, 0.6) is 11.5 Å². The molecule has 1 fully saturated rings. The number of rotatable bonds is 8. The molecule has 1 atom stereocenters. The van der Waals surface area contributed by atoms with Crippen molar-refractivity contribution in [3.05, 3.63) is 53.6 Å². The number of amides is 1. The lowest BCUT2D eigenvalue weighted by atomic mass is 10.2. The van der Waals surface area contributed by atoms with E-state index < -0.39 is 0 Å². The van der Waals surface area contributed by atoms with E-state index in [1.807, 2.05) is 43.3 Å². The molecule has 0 radical (unpaired) electrons. The molecule has 1 aliphatic heterocycles. The highest BCUT2D eigenvalue weighted by molar-refractivity contribution is 6.30. The lowest BCUT2D eigenvalue weighted by Crippen LogP contribution is -3.30. The van der Waals surface area contributed by atoms with Crippen LogP contribution in [0.1, 0.15) is 6.92 Å². The molecule has 2 aromatic rings. The van der Waals surface area contributed by atoms with Crippen LogP contribution >= 0.6 is 11.6 Å². The zero-order valence-corrected chi connectivity index (χ0v) is 17.8. The highest BCUT2D eigenvalue weighted by atomic mass is 35.5. The summed E-state index contributed by atoms with van der Waals surface area (Å²) < 4.78 is 11.0. The topological polar surface area (TPSA) is 56.4 Å². The van der Waals surface area contributed by atoms with Gasteiger partial charge < -0.3 is 24.6 Å². The highest BCUT2D eigenvalue weighted by Gasteiger charge is 2.30. The van der Waals surface area contributed by atoms with Gasteiger partial charge in [0.05, 0.1) is 7.11 Å². The van der Waals surface area contributed by atoms with Crippen molar-refractivity contribution in [3.63, 3.8) is 0 Å². The number of piperazine rings is 1. The van der Waals surface area contributed by atoms with Crippen LogP contribution in [0, 0.1) is 0 Å². The number of nitrogens with one attached hydrogen (secondary N) is 3. The summed E-state index contributed by atoms with van der Waals surface area (Å²) in [7, 11) is 1.66. The van der Waals surface area contributed by atoms with Gasteiger partial charge in [0.2, 0.25) is 0 Å². The maximum atomic E-state index is 12.6. The largest absolute Gasteiger partial charge is 0.497 e. The molecule has 7 heteroatoms. The third-order valence-electron chi connectivity index (χ3n) is 5.48. The molecule has 156 valence electrons. The fourth-order valence-corrected chi connectivity index (χ4v) is 3.79. The van der Waals surface area contributed by atoms with E-state index in [4.69, 9.17) is 21.1 Å². The van der Waals surface area contributed by atoms with E-state index >= 15 is 0 Å². The van der Waals surface area contributed by atoms with Crippen LogP contribution in [0.3, 0.4) is 0 Å². The van der Waals surface area contributed by atoms with Gasteiger partial charge in [-0.1, -0.05) is 17.7 Å². The standard InChI is InChI=1S/C22H28ClN3O3/c1-17(22(27)24-19-5-3-4-18(23)16-19)26-12-10-25(11-13-26)14-15-29-21-8-6-20(28-2)7-9-21/h3-9,16-17H,10-15H2,1-2H3,(H,24,27)/p+2/t17-/m1/s1. The molecule has 1 amide bonds. The summed E-state index contributed by atoms with van der Waals surface area (Å²) in [4.78, 5) is 15.4. The summed E-state index contributed by atoms with van der Waals surface area (Å²) in [6.45, 7) is 7.66. The van der Waals surface area contributed by atoms with Crippen LogP contribution in [0.15, 0.2) is 48.5 Å². The van der Waals surface area contributed by atoms with Gasteiger partial charge in [0.1, 0.15) is 50.8 Å². The summed E-state index contributed by atoms with van der Waals surface area (Å²) >= 11 is 5.99. The van der Waals surface area contributed by atoms with E-state index in [1.54, 1.807) is 19.2 Å². The van der Waals surface area contributed by atoms with Crippen molar-refractivity contribution in [2.75, 3.05) is 51.8 Å². The molecule has 1 heterocycles. The molecular weight excluding hydrogens is 390 g/mol. The van der Waals surface area contributed by atoms with Gasteiger partial charge in [-0.05, 0) is 49.4 Å². The minimum Gasteiger partial charge on any atom is -0.497 e. The number of hydrogen-bond donors (Lipinski definition) is 3. The third-order valence-corrected chi connectivity index (χ3v) is 5.72. The van der Waals surface area contributed by atoms with Crippen LogP contribution in [-0.4, -0.2) is 58.4 Å². The van der Waals surface area contributed by atoms with Crippen molar-refractivity contribution in [2.45, 2.75) is 13.0 Å². The number of carbonyl (C=O) groups is 1. The maximum Gasteiger partial charge on any atom is 0.282 e. The number of anilines is 1. The second-order valence-electron chi connectivity index (χ2n) is 7.40. The molecule has 3 rings (SSSR count). The van der Waals surface area contributed by atoms with Gasteiger partial charge in [-0.25, -0.2) is 0 Å². The Hall–Kier alpha value is -2.28. The number of quaternary nitrogens is 2. The second-order valence-corrected chi connectivity index (χ2v) is 7.84. The first kappa shape index (κ1) is 21.4. The number of halogens is 1. The first-order chi connectivity index (χ1) is 14.0. The summed E-state index contributed by atoms with van der Waals surface area (Å²) in [6.07, 6.45) is 0. The van der Waals surface area contributed by atoms with Crippen LogP contribution in [0.25, 0.3) is 0 Å². The predicted octanol–water partition coefficient (Wildman–Crippen LogP) is 0.538. The SMILES string of the molecule is COc1ccc(OCC[NH+]2CC[NH+]([C@H](C)C(=O)Nc3cccc(Cl)c3)CC2)cc1. The summed E-state index contributed by atoms with van der Waals surface area (Å²) in [6, 6.07) is 14.8. The van der Waals surface area contributed by atoms with Gasteiger partial charge in [0, 0.05) is 10.7 Å². The lowest BCUT2D eigenvalue weighted by molar-refractivity contribution is -1.02. The maximum absolute atomic E-state index is 12.6. The van der Waals surface area contributed by atoms with E-state index in [0.717, 1.165) is 49.9 Å².